The van der Waals surface area contributed by atoms with Crippen molar-refractivity contribution in [1.82, 2.24) is 9.78 Å². The van der Waals surface area contributed by atoms with Crippen LogP contribution in [0.1, 0.15) is 5.56 Å². The lowest BCUT2D eigenvalue weighted by Gasteiger charge is -2.13. The van der Waals surface area contributed by atoms with Crippen molar-refractivity contribution >= 4 is 11.6 Å². The van der Waals surface area contributed by atoms with Crippen LogP contribution in [0.5, 0.6) is 0 Å². The van der Waals surface area contributed by atoms with Crippen LogP contribution in [-0.2, 0) is 17.9 Å². The van der Waals surface area contributed by atoms with E-state index < -0.39 is 6.10 Å². The summed E-state index contributed by atoms with van der Waals surface area (Å²) in [6.45, 7) is 0.431. The molecule has 26 heavy (non-hydrogen) atoms. The number of rotatable bonds is 7. The van der Waals surface area contributed by atoms with E-state index in [4.69, 9.17) is 16.3 Å². The van der Waals surface area contributed by atoms with E-state index in [1.165, 1.54) is 10.7 Å². The minimum atomic E-state index is -0.853. The van der Waals surface area contributed by atoms with Crippen molar-refractivity contribution in [1.29, 1.82) is 0 Å². The van der Waals surface area contributed by atoms with Gasteiger partial charge in [0.2, 0.25) is 0 Å². The molecule has 1 heterocycles. The molecule has 3 rings (SSSR count). The van der Waals surface area contributed by atoms with Crippen molar-refractivity contribution in [2.45, 2.75) is 19.3 Å². The number of aromatic nitrogens is 2. The summed E-state index contributed by atoms with van der Waals surface area (Å²) in [5.41, 5.74) is 2.16. The van der Waals surface area contributed by atoms with E-state index >= 15 is 0 Å². The standard InChI is InChI=1S/C20H19ClN2O3/c21-18-9-5-4-8-16(18)13-26-14-17(24)12-23-20(25)11-10-19(22-23)15-6-2-1-3-7-15/h1-11,17,24H,12-14H2/t17-/m0/s1. The average molecular weight is 371 g/mol. The molecule has 0 amide bonds. The average Bonchev–Trinajstić information content (AvgIpc) is 2.66. The van der Waals surface area contributed by atoms with Crippen LogP contribution in [0.3, 0.4) is 0 Å². The number of nitrogens with zero attached hydrogens (tertiary/aromatic N) is 2. The molecule has 1 N–H and O–H groups in total. The molecule has 134 valence electrons. The monoisotopic (exact) mass is 370 g/mol. The van der Waals surface area contributed by atoms with Gasteiger partial charge in [-0.2, -0.15) is 5.10 Å². The Labute approximate surface area is 156 Å². The molecule has 1 atom stereocenters. The highest BCUT2D eigenvalue weighted by Crippen LogP contribution is 2.16. The molecule has 0 fully saturated rings. The molecule has 0 bridgehead atoms. The lowest BCUT2D eigenvalue weighted by molar-refractivity contribution is 0.0181. The summed E-state index contributed by atoms with van der Waals surface area (Å²) in [7, 11) is 0. The summed E-state index contributed by atoms with van der Waals surface area (Å²) in [6.07, 6.45) is -0.853. The van der Waals surface area contributed by atoms with Crippen molar-refractivity contribution in [3.8, 4) is 11.3 Å². The normalized spacial score (nSPS) is 12.1. The first-order valence-electron chi connectivity index (χ1n) is 8.26. The fraction of sp³-hybridized carbons (Fsp3) is 0.200. The van der Waals surface area contributed by atoms with Gasteiger partial charge >= 0.3 is 0 Å². The van der Waals surface area contributed by atoms with Crippen LogP contribution in [0.25, 0.3) is 11.3 Å². The predicted molar refractivity (Wildman–Crippen MR) is 101 cm³/mol. The van der Waals surface area contributed by atoms with Crippen molar-refractivity contribution in [2.75, 3.05) is 6.61 Å². The van der Waals surface area contributed by atoms with Crippen LogP contribution in [-0.4, -0.2) is 27.6 Å². The molecule has 0 saturated heterocycles. The number of halogens is 1. The highest BCUT2D eigenvalue weighted by Gasteiger charge is 2.10. The maximum absolute atomic E-state index is 12.0. The minimum Gasteiger partial charge on any atom is -0.389 e. The molecule has 0 spiro atoms. The number of benzene rings is 2. The van der Waals surface area contributed by atoms with Gasteiger partial charge in [-0.25, -0.2) is 4.68 Å². The highest BCUT2D eigenvalue weighted by molar-refractivity contribution is 6.31. The Balaban J connectivity index is 1.61. The molecule has 0 saturated carbocycles. The van der Waals surface area contributed by atoms with Gasteiger partial charge in [0, 0.05) is 16.7 Å². The SMILES string of the molecule is O=c1ccc(-c2ccccc2)nn1C[C@H](O)COCc1ccccc1Cl. The molecule has 1 aromatic heterocycles. The zero-order valence-corrected chi connectivity index (χ0v) is 14.8. The molecule has 6 heteroatoms. The minimum absolute atomic E-state index is 0.0576. The maximum atomic E-state index is 12.0. The third kappa shape index (κ3) is 4.79. The summed E-state index contributed by atoms with van der Waals surface area (Å²) >= 11 is 6.07. The molecule has 2 aromatic carbocycles. The van der Waals surface area contributed by atoms with Gasteiger partial charge in [-0.15, -0.1) is 0 Å². The summed E-state index contributed by atoms with van der Waals surface area (Å²) in [5.74, 6) is 0. The van der Waals surface area contributed by atoms with Gasteiger partial charge in [-0.3, -0.25) is 4.79 Å². The maximum Gasteiger partial charge on any atom is 0.266 e. The molecule has 0 unspecified atom stereocenters. The molecule has 0 aliphatic rings. The topological polar surface area (TPSA) is 64.4 Å². The van der Waals surface area contributed by atoms with E-state index in [1.807, 2.05) is 48.5 Å². The van der Waals surface area contributed by atoms with E-state index in [2.05, 4.69) is 5.10 Å². The summed E-state index contributed by atoms with van der Waals surface area (Å²) in [4.78, 5) is 12.0. The van der Waals surface area contributed by atoms with Crippen LogP contribution in [0.2, 0.25) is 5.02 Å². The Morgan fingerprint density at radius 2 is 1.77 bits per heavy atom. The molecule has 5 nitrogen and oxygen atoms in total. The fourth-order valence-electron chi connectivity index (χ4n) is 2.52. The second kappa shape index (κ2) is 8.76. The van der Waals surface area contributed by atoms with E-state index in [-0.39, 0.29) is 18.7 Å². The summed E-state index contributed by atoms with van der Waals surface area (Å²) < 4.78 is 6.77. The summed E-state index contributed by atoms with van der Waals surface area (Å²) in [5, 5.41) is 15.1. The smallest absolute Gasteiger partial charge is 0.266 e. The van der Waals surface area contributed by atoms with E-state index in [0.29, 0.717) is 17.3 Å². The Morgan fingerprint density at radius 1 is 1.04 bits per heavy atom. The van der Waals surface area contributed by atoms with Crippen molar-refractivity contribution in [2.24, 2.45) is 0 Å². The Morgan fingerprint density at radius 3 is 2.54 bits per heavy atom. The number of aliphatic hydroxyl groups excluding tert-OH is 1. The van der Waals surface area contributed by atoms with Crippen molar-refractivity contribution in [3.05, 3.63) is 87.7 Å². The molecular weight excluding hydrogens is 352 g/mol. The second-order valence-corrected chi connectivity index (χ2v) is 6.27. The van der Waals surface area contributed by atoms with Crippen molar-refractivity contribution in [3.63, 3.8) is 0 Å². The van der Waals surface area contributed by atoms with Crippen molar-refractivity contribution < 1.29 is 9.84 Å². The first-order valence-corrected chi connectivity index (χ1v) is 8.64. The Hall–Kier alpha value is -2.47. The Bertz CT molecular complexity index is 912. The van der Waals surface area contributed by atoms with Gasteiger partial charge < -0.3 is 9.84 Å². The number of hydrogen-bond donors (Lipinski definition) is 1. The molecule has 0 radical (unpaired) electrons. The molecule has 0 aliphatic carbocycles. The van der Waals surface area contributed by atoms with E-state index in [9.17, 15) is 9.90 Å². The van der Waals surface area contributed by atoms with E-state index in [1.54, 1.807) is 12.1 Å². The van der Waals surface area contributed by atoms with Crippen LogP contribution >= 0.6 is 11.6 Å². The van der Waals surface area contributed by atoms with Crippen LogP contribution in [0.15, 0.2) is 71.5 Å². The van der Waals surface area contributed by atoms with Gasteiger partial charge in [0.25, 0.3) is 5.56 Å². The third-order valence-electron chi connectivity index (χ3n) is 3.85. The Kier molecular flexibility index (Phi) is 6.17. The van der Waals surface area contributed by atoms with Crippen LogP contribution in [0, 0.1) is 0 Å². The number of aliphatic hydroxyl groups is 1. The van der Waals surface area contributed by atoms with Gasteiger partial charge in [0.05, 0.1) is 31.6 Å². The first kappa shape index (κ1) is 18.3. The molecular formula is C20H19ClN2O3. The molecule has 0 aliphatic heterocycles. The molecule has 3 aromatic rings. The fourth-order valence-corrected chi connectivity index (χ4v) is 2.71. The zero-order valence-electron chi connectivity index (χ0n) is 14.1. The van der Waals surface area contributed by atoms with Crippen LogP contribution < -0.4 is 5.56 Å². The third-order valence-corrected chi connectivity index (χ3v) is 4.21. The van der Waals surface area contributed by atoms with Gasteiger partial charge in [0.15, 0.2) is 0 Å². The van der Waals surface area contributed by atoms with Gasteiger partial charge in [-0.05, 0) is 17.7 Å². The first-order chi connectivity index (χ1) is 12.6. The lowest BCUT2D eigenvalue weighted by atomic mass is 10.1. The van der Waals surface area contributed by atoms with Gasteiger partial charge in [0.1, 0.15) is 0 Å². The van der Waals surface area contributed by atoms with E-state index in [0.717, 1.165) is 11.1 Å². The lowest BCUT2D eigenvalue weighted by Crippen LogP contribution is -2.30. The van der Waals surface area contributed by atoms with Gasteiger partial charge in [-0.1, -0.05) is 60.1 Å². The number of hydrogen-bond acceptors (Lipinski definition) is 4. The zero-order chi connectivity index (χ0) is 18.4. The van der Waals surface area contributed by atoms with Crippen LogP contribution in [0.4, 0.5) is 0 Å². The highest BCUT2D eigenvalue weighted by atomic mass is 35.5. The largest absolute Gasteiger partial charge is 0.389 e. The second-order valence-electron chi connectivity index (χ2n) is 5.87. The quantitative estimate of drug-likeness (QED) is 0.694. The predicted octanol–water partition coefficient (Wildman–Crippen LogP) is 3.14. The summed E-state index contributed by atoms with van der Waals surface area (Å²) in [6, 6.07) is 20.1. The number of ether oxygens (including phenoxy) is 1.